The van der Waals surface area contributed by atoms with E-state index in [9.17, 15) is 9.59 Å². The van der Waals surface area contributed by atoms with Crippen LogP contribution >= 0.6 is 0 Å². The predicted octanol–water partition coefficient (Wildman–Crippen LogP) is 3.49. The Bertz CT molecular complexity index is 829. The van der Waals surface area contributed by atoms with Gasteiger partial charge in [0.1, 0.15) is 12.2 Å². The van der Waals surface area contributed by atoms with E-state index in [0.717, 1.165) is 17.5 Å². The van der Waals surface area contributed by atoms with Crippen LogP contribution in [0, 0.1) is 0 Å². The van der Waals surface area contributed by atoms with Crippen LogP contribution in [0.4, 0.5) is 9.59 Å². The molecule has 1 saturated heterocycles. The maximum absolute atomic E-state index is 12.3. The summed E-state index contributed by atoms with van der Waals surface area (Å²) in [5.41, 5.74) is 1.31. The van der Waals surface area contributed by atoms with Crippen molar-refractivity contribution >= 4 is 12.2 Å². The van der Waals surface area contributed by atoms with Gasteiger partial charge in [0.25, 0.3) is 0 Å². The van der Waals surface area contributed by atoms with Crippen molar-refractivity contribution in [3.8, 4) is 0 Å². The first-order valence-electron chi connectivity index (χ1n) is 9.76. The van der Waals surface area contributed by atoms with Gasteiger partial charge in [0.2, 0.25) is 0 Å². The number of carbonyl (C=O) groups excluding carboxylic acids is 2. The third kappa shape index (κ3) is 6.23. The summed E-state index contributed by atoms with van der Waals surface area (Å²) in [5.74, 6) is 0. The maximum atomic E-state index is 12.3. The molecule has 2 heterocycles. The van der Waals surface area contributed by atoms with E-state index in [1.54, 1.807) is 11.1 Å². The zero-order valence-corrected chi connectivity index (χ0v) is 17.1. The Hall–Kier alpha value is -3.03. The van der Waals surface area contributed by atoms with E-state index < -0.39 is 11.7 Å². The van der Waals surface area contributed by atoms with E-state index in [1.165, 1.54) is 0 Å². The Morgan fingerprint density at radius 2 is 1.97 bits per heavy atom. The van der Waals surface area contributed by atoms with Crippen molar-refractivity contribution in [2.75, 3.05) is 13.1 Å². The Labute approximate surface area is 170 Å². The Kier molecular flexibility index (Phi) is 6.41. The number of aromatic nitrogens is 2. The van der Waals surface area contributed by atoms with Crippen LogP contribution in [0.3, 0.4) is 0 Å². The van der Waals surface area contributed by atoms with E-state index >= 15 is 0 Å². The first kappa shape index (κ1) is 20.7. The molecular formula is C21H28N4O4. The number of nitrogens with zero attached hydrogens (tertiary/aromatic N) is 3. The van der Waals surface area contributed by atoms with Crippen LogP contribution in [0.2, 0.25) is 0 Å². The van der Waals surface area contributed by atoms with Gasteiger partial charge < -0.3 is 19.7 Å². The fourth-order valence-electron chi connectivity index (χ4n) is 3.09. The van der Waals surface area contributed by atoms with E-state index in [0.29, 0.717) is 19.6 Å². The summed E-state index contributed by atoms with van der Waals surface area (Å²) in [5, 5.41) is 7.10. The minimum atomic E-state index is -0.531. The number of hydrogen-bond acceptors (Lipinski definition) is 5. The van der Waals surface area contributed by atoms with Gasteiger partial charge in [-0.25, -0.2) is 9.59 Å². The standard InChI is InChI=1S/C21H28N4O4/c1-21(2,3)29-19(26)22-11-17-12-23-25(13-17)18-9-10-24(14-18)20(27)28-15-16-7-5-4-6-8-16/h4-8,12-13,18H,9-11,14-15H2,1-3H3,(H,22,26)/t18-/m0/s1. The summed E-state index contributed by atoms with van der Waals surface area (Å²) >= 11 is 0. The third-order valence-corrected chi connectivity index (χ3v) is 4.49. The molecule has 1 fully saturated rings. The number of rotatable bonds is 5. The van der Waals surface area contributed by atoms with Crippen molar-refractivity contribution in [1.82, 2.24) is 20.0 Å². The van der Waals surface area contributed by atoms with Crippen LogP contribution in [0.1, 0.15) is 44.4 Å². The Balaban J connectivity index is 1.45. The van der Waals surface area contributed by atoms with Crippen molar-refractivity contribution < 1.29 is 19.1 Å². The van der Waals surface area contributed by atoms with Crippen molar-refractivity contribution in [3.05, 3.63) is 53.9 Å². The van der Waals surface area contributed by atoms with E-state index in [2.05, 4.69) is 10.4 Å². The fourth-order valence-corrected chi connectivity index (χ4v) is 3.09. The quantitative estimate of drug-likeness (QED) is 0.830. The number of ether oxygens (including phenoxy) is 2. The topological polar surface area (TPSA) is 85.7 Å². The average Bonchev–Trinajstić information content (AvgIpc) is 3.33. The lowest BCUT2D eigenvalue weighted by Gasteiger charge is -2.19. The number of benzene rings is 1. The van der Waals surface area contributed by atoms with E-state index in [1.807, 2.05) is 62.0 Å². The molecule has 2 aromatic rings. The van der Waals surface area contributed by atoms with Crippen molar-refractivity contribution in [2.45, 2.75) is 52.0 Å². The van der Waals surface area contributed by atoms with Crippen molar-refractivity contribution in [3.63, 3.8) is 0 Å². The molecule has 1 aromatic heterocycles. The highest BCUT2D eigenvalue weighted by Gasteiger charge is 2.29. The lowest BCUT2D eigenvalue weighted by atomic mass is 10.2. The summed E-state index contributed by atoms with van der Waals surface area (Å²) in [6.45, 7) is 7.25. The molecule has 2 amide bonds. The van der Waals surface area contributed by atoms with Gasteiger partial charge in [-0.1, -0.05) is 30.3 Å². The zero-order valence-electron chi connectivity index (χ0n) is 17.1. The molecular weight excluding hydrogens is 372 g/mol. The number of carbonyl (C=O) groups is 2. The number of alkyl carbamates (subject to hydrolysis) is 1. The second-order valence-corrected chi connectivity index (χ2v) is 8.11. The molecule has 8 nitrogen and oxygen atoms in total. The lowest BCUT2D eigenvalue weighted by Crippen LogP contribution is -2.32. The predicted molar refractivity (Wildman–Crippen MR) is 107 cm³/mol. The van der Waals surface area contributed by atoms with Crippen LogP contribution in [-0.2, 0) is 22.6 Å². The molecule has 0 aliphatic carbocycles. The van der Waals surface area contributed by atoms with Crippen molar-refractivity contribution in [2.24, 2.45) is 0 Å². The minimum Gasteiger partial charge on any atom is -0.445 e. The van der Waals surface area contributed by atoms with Gasteiger partial charge in [0.15, 0.2) is 0 Å². The van der Waals surface area contributed by atoms with Gasteiger partial charge in [-0.2, -0.15) is 5.10 Å². The maximum Gasteiger partial charge on any atom is 0.410 e. The van der Waals surface area contributed by atoms with Gasteiger partial charge in [-0.3, -0.25) is 4.68 Å². The highest BCUT2D eigenvalue weighted by molar-refractivity contribution is 5.68. The monoisotopic (exact) mass is 400 g/mol. The van der Waals surface area contributed by atoms with E-state index in [-0.39, 0.29) is 18.7 Å². The first-order valence-corrected chi connectivity index (χ1v) is 9.76. The molecule has 0 bridgehead atoms. The summed E-state index contributed by atoms with van der Waals surface area (Å²) < 4.78 is 12.5. The molecule has 3 rings (SSSR count). The molecule has 1 aliphatic rings. The lowest BCUT2D eigenvalue weighted by molar-refractivity contribution is 0.0523. The molecule has 0 radical (unpaired) electrons. The van der Waals surface area contributed by atoms with Crippen LogP contribution < -0.4 is 5.32 Å². The number of hydrogen-bond donors (Lipinski definition) is 1. The molecule has 1 aromatic carbocycles. The van der Waals surface area contributed by atoms with Gasteiger partial charge >= 0.3 is 12.2 Å². The van der Waals surface area contributed by atoms with Crippen LogP contribution in [0.15, 0.2) is 42.7 Å². The molecule has 8 heteroatoms. The minimum absolute atomic E-state index is 0.0922. The average molecular weight is 400 g/mol. The Morgan fingerprint density at radius 1 is 1.21 bits per heavy atom. The smallest absolute Gasteiger partial charge is 0.410 e. The molecule has 0 spiro atoms. The van der Waals surface area contributed by atoms with Crippen LogP contribution in [0.5, 0.6) is 0 Å². The SMILES string of the molecule is CC(C)(C)OC(=O)NCc1cnn([C@H]2CCN(C(=O)OCc3ccccc3)C2)c1. The first-order chi connectivity index (χ1) is 13.8. The highest BCUT2D eigenvalue weighted by atomic mass is 16.6. The normalized spacial score (nSPS) is 16.5. The second kappa shape index (κ2) is 8.98. The molecule has 156 valence electrons. The van der Waals surface area contributed by atoms with Crippen LogP contribution in [0.25, 0.3) is 0 Å². The van der Waals surface area contributed by atoms with Gasteiger partial charge in [0.05, 0.1) is 12.2 Å². The Morgan fingerprint density at radius 3 is 2.69 bits per heavy atom. The largest absolute Gasteiger partial charge is 0.445 e. The van der Waals surface area contributed by atoms with Gasteiger partial charge in [-0.05, 0) is 32.8 Å². The molecule has 0 unspecified atom stereocenters. The molecule has 0 saturated carbocycles. The number of nitrogens with one attached hydrogen (secondary N) is 1. The molecule has 1 N–H and O–H groups in total. The summed E-state index contributed by atoms with van der Waals surface area (Å²) in [7, 11) is 0. The third-order valence-electron chi connectivity index (χ3n) is 4.49. The zero-order chi connectivity index (χ0) is 20.9. The summed E-state index contributed by atoms with van der Waals surface area (Å²) in [6.07, 6.45) is 3.64. The summed E-state index contributed by atoms with van der Waals surface area (Å²) in [4.78, 5) is 25.8. The second-order valence-electron chi connectivity index (χ2n) is 8.11. The number of likely N-dealkylation sites (tertiary alicyclic amines) is 1. The van der Waals surface area contributed by atoms with Crippen molar-refractivity contribution in [1.29, 1.82) is 0 Å². The number of amides is 2. The van der Waals surface area contributed by atoms with Crippen LogP contribution in [-0.4, -0.2) is 45.6 Å². The molecule has 29 heavy (non-hydrogen) atoms. The molecule has 1 aliphatic heterocycles. The highest BCUT2D eigenvalue weighted by Crippen LogP contribution is 2.22. The van der Waals surface area contributed by atoms with Gasteiger partial charge in [0, 0.05) is 31.4 Å². The van der Waals surface area contributed by atoms with Gasteiger partial charge in [-0.15, -0.1) is 0 Å². The van der Waals surface area contributed by atoms with E-state index in [4.69, 9.17) is 9.47 Å². The molecule has 1 atom stereocenters. The summed E-state index contributed by atoms with van der Waals surface area (Å²) in [6, 6.07) is 9.71. The fraction of sp³-hybridized carbons (Fsp3) is 0.476.